The summed E-state index contributed by atoms with van der Waals surface area (Å²) in [5, 5.41) is 3.98. The zero-order chi connectivity index (χ0) is 12.7. The van der Waals surface area contributed by atoms with E-state index in [2.05, 4.69) is 36.1 Å². The molecular formula is C13H22ClN3. The molecule has 0 saturated heterocycles. The van der Waals surface area contributed by atoms with Gasteiger partial charge in [-0.3, -0.25) is 0 Å². The summed E-state index contributed by atoms with van der Waals surface area (Å²) in [4.78, 5) is 8.33. The van der Waals surface area contributed by atoms with Crippen LogP contribution in [0.25, 0.3) is 0 Å². The third-order valence-electron chi connectivity index (χ3n) is 3.11. The van der Waals surface area contributed by atoms with E-state index in [1.165, 1.54) is 19.2 Å². The minimum atomic E-state index is 0.578. The van der Waals surface area contributed by atoms with Gasteiger partial charge in [0.15, 0.2) is 0 Å². The quantitative estimate of drug-likeness (QED) is 0.750. The van der Waals surface area contributed by atoms with E-state index in [1.54, 1.807) is 0 Å². The second-order valence-electron chi connectivity index (χ2n) is 4.31. The summed E-state index contributed by atoms with van der Waals surface area (Å²) in [6.07, 6.45) is 5.87. The molecule has 0 radical (unpaired) electrons. The van der Waals surface area contributed by atoms with Crippen molar-refractivity contribution >= 4 is 17.4 Å². The molecule has 0 aliphatic carbocycles. The molecule has 1 aromatic heterocycles. The first kappa shape index (κ1) is 14.2. The average Bonchev–Trinajstić information content (AvgIpc) is 2.34. The van der Waals surface area contributed by atoms with Crippen LogP contribution in [0.2, 0.25) is 5.15 Å². The fourth-order valence-corrected chi connectivity index (χ4v) is 2.06. The highest BCUT2D eigenvalue weighted by atomic mass is 35.5. The maximum atomic E-state index is 6.10. The Kier molecular flexibility index (Phi) is 6.27. The van der Waals surface area contributed by atoms with Gasteiger partial charge in [0, 0.05) is 12.1 Å². The highest BCUT2D eigenvalue weighted by Crippen LogP contribution is 2.22. The lowest BCUT2D eigenvalue weighted by atomic mass is 10.0. The average molecular weight is 256 g/mol. The van der Waals surface area contributed by atoms with Gasteiger partial charge in [0.2, 0.25) is 0 Å². The highest BCUT2D eigenvalue weighted by molar-refractivity contribution is 6.30. The summed E-state index contributed by atoms with van der Waals surface area (Å²) < 4.78 is 0. The van der Waals surface area contributed by atoms with Crippen molar-refractivity contribution in [3.8, 4) is 0 Å². The molecule has 1 aromatic rings. The molecule has 1 rings (SSSR count). The lowest BCUT2D eigenvalue weighted by Crippen LogP contribution is -2.15. The maximum absolute atomic E-state index is 6.10. The van der Waals surface area contributed by atoms with Gasteiger partial charge in [-0.15, -0.1) is 0 Å². The van der Waals surface area contributed by atoms with Crippen molar-refractivity contribution in [3.63, 3.8) is 0 Å². The number of aromatic nitrogens is 2. The molecule has 96 valence electrons. The van der Waals surface area contributed by atoms with Crippen molar-refractivity contribution in [2.24, 2.45) is 5.92 Å². The van der Waals surface area contributed by atoms with Crippen LogP contribution in [-0.4, -0.2) is 16.5 Å². The van der Waals surface area contributed by atoms with E-state index >= 15 is 0 Å². The number of hydrogen-bond donors (Lipinski definition) is 1. The molecule has 0 bridgehead atoms. The Morgan fingerprint density at radius 3 is 2.53 bits per heavy atom. The van der Waals surface area contributed by atoms with Gasteiger partial charge in [0.1, 0.15) is 17.3 Å². The number of nitrogens with one attached hydrogen (secondary N) is 1. The SMILES string of the molecule is CCCc1c(Cl)ncnc1NCC(CC)CC. The van der Waals surface area contributed by atoms with E-state index in [9.17, 15) is 0 Å². The number of rotatable bonds is 7. The minimum absolute atomic E-state index is 0.578. The zero-order valence-corrected chi connectivity index (χ0v) is 11.7. The Morgan fingerprint density at radius 2 is 1.94 bits per heavy atom. The standard InChI is InChI=1S/C13H22ClN3/c1-4-7-11-12(14)16-9-17-13(11)15-8-10(5-2)6-3/h9-10H,4-8H2,1-3H3,(H,15,16,17). The Balaban J connectivity index is 2.72. The molecule has 0 amide bonds. The molecule has 0 aromatic carbocycles. The zero-order valence-electron chi connectivity index (χ0n) is 11.0. The van der Waals surface area contributed by atoms with E-state index in [1.807, 2.05) is 0 Å². The molecule has 0 aliphatic rings. The van der Waals surface area contributed by atoms with Gasteiger partial charge in [-0.25, -0.2) is 9.97 Å². The molecule has 1 N–H and O–H groups in total. The predicted molar refractivity (Wildman–Crippen MR) is 73.6 cm³/mol. The van der Waals surface area contributed by atoms with Crippen molar-refractivity contribution in [2.75, 3.05) is 11.9 Å². The summed E-state index contributed by atoms with van der Waals surface area (Å²) in [6, 6.07) is 0. The van der Waals surface area contributed by atoms with E-state index in [-0.39, 0.29) is 0 Å². The van der Waals surface area contributed by atoms with Gasteiger partial charge in [0.25, 0.3) is 0 Å². The molecule has 3 nitrogen and oxygen atoms in total. The van der Waals surface area contributed by atoms with Crippen LogP contribution in [0.4, 0.5) is 5.82 Å². The van der Waals surface area contributed by atoms with Gasteiger partial charge < -0.3 is 5.32 Å². The normalized spacial score (nSPS) is 10.9. The largest absolute Gasteiger partial charge is 0.369 e. The predicted octanol–water partition coefficient (Wildman–Crippen LogP) is 3.93. The van der Waals surface area contributed by atoms with Crippen molar-refractivity contribution in [1.29, 1.82) is 0 Å². The van der Waals surface area contributed by atoms with Crippen LogP contribution in [-0.2, 0) is 6.42 Å². The monoisotopic (exact) mass is 255 g/mol. The van der Waals surface area contributed by atoms with Gasteiger partial charge in [-0.2, -0.15) is 0 Å². The highest BCUT2D eigenvalue weighted by Gasteiger charge is 2.10. The molecule has 0 atom stereocenters. The van der Waals surface area contributed by atoms with Crippen LogP contribution < -0.4 is 5.32 Å². The smallest absolute Gasteiger partial charge is 0.137 e. The Morgan fingerprint density at radius 1 is 1.24 bits per heavy atom. The third-order valence-corrected chi connectivity index (χ3v) is 3.43. The van der Waals surface area contributed by atoms with Gasteiger partial charge in [-0.1, -0.05) is 51.6 Å². The lowest BCUT2D eigenvalue weighted by Gasteiger charge is -2.16. The van der Waals surface area contributed by atoms with Crippen molar-refractivity contribution in [2.45, 2.75) is 46.5 Å². The van der Waals surface area contributed by atoms with Crippen molar-refractivity contribution in [3.05, 3.63) is 17.0 Å². The summed E-state index contributed by atoms with van der Waals surface area (Å²) in [7, 11) is 0. The summed E-state index contributed by atoms with van der Waals surface area (Å²) in [6.45, 7) is 7.52. The second-order valence-corrected chi connectivity index (χ2v) is 4.66. The minimum Gasteiger partial charge on any atom is -0.369 e. The van der Waals surface area contributed by atoms with E-state index in [4.69, 9.17) is 11.6 Å². The molecule has 4 heteroatoms. The fraction of sp³-hybridized carbons (Fsp3) is 0.692. The van der Waals surface area contributed by atoms with Gasteiger partial charge in [0.05, 0.1) is 0 Å². The van der Waals surface area contributed by atoms with Crippen LogP contribution in [0, 0.1) is 5.92 Å². The van der Waals surface area contributed by atoms with Gasteiger partial charge >= 0.3 is 0 Å². The summed E-state index contributed by atoms with van der Waals surface area (Å²) >= 11 is 6.10. The number of halogens is 1. The Hall–Kier alpha value is -0.830. The molecule has 1 heterocycles. The number of nitrogens with zero attached hydrogens (tertiary/aromatic N) is 2. The molecular weight excluding hydrogens is 234 g/mol. The van der Waals surface area contributed by atoms with Crippen LogP contribution in [0.15, 0.2) is 6.33 Å². The van der Waals surface area contributed by atoms with E-state index in [0.29, 0.717) is 11.1 Å². The lowest BCUT2D eigenvalue weighted by molar-refractivity contribution is 0.518. The Bertz CT molecular complexity index is 337. The molecule has 0 saturated carbocycles. The third kappa shape index (κ3) is 4.15. The van der Waals surface area contributed by atoms with E-state index in [0.717, 1.165) is 30.8 Å². The first-order valence-electron chi connectivity index (χ1n) is 6.46. The fourth-order valence-electron chi connectivity index (χ4n) is 1.83. The van der Waals surface area contributed by atoms with Crippen molar-refractivity contribution < 1.29 is 0 Å². The van der Waals surface area contributed by atoms with Crippen molar-refractivity contribution in [1.82, 2.24) is 9.97 Å². The molecule has 0 unspecified atom stereocenters. The summed E-state index contributed by atoms with van der Waals surface area (Å²) in [5.74, 6) is 1.59. The number of anilines is 1. The molecule has 17 heavy (non-hydrogen) atoms. The maximum Gasteiger partial charge on any atom is 0.137 e. The van der Waals surface area contributed by atoms with Crippen LogP contribution in [0.1, 0.15) is 45.6 Å². The topological polar surface area (TPSA) is 37.8 Å². The molecule has 0 aliphatic heterocycles. The summed E-state index contributed by atoms with van der Waals surface area (Å²) in [5.41, 5.74) is 1.04. The Labute approximate surface area is 109 Å². The number of hydrogen-bond acceptors (Lipinski definition) is 3. The molecule has 0 fully saturated rings. The first-order chi connectivity index (χ1) is 8.22. The van der Waals surface area contributed by atoms with Crippen LogP contribution >= 0.6 is 11.6 Å². The molecule has 0 spiro atoms. The van der Waals surface area contributed by atoms with Crippen LogP contribution in [0.3, 0.4) is 0 Å². The van der Waals surface area contributed by atoms with Gasteiger partial charge in [-0.05, 0) is 12.3 Å². The van der Waals surface area contributed by atoms with E-state index < -0.39 is 0 Å². The second kappa shape index (κ2) is 7.49. The first-order valence-corrected chi connectivity index (χ1v) is 6.83. The van der Waals surface area contributed by atoms with Crippen LogP contribution in [0.5, 0.6) is 0 Å².